The highest BCUT2D eigenvalue weighted by Gasteiger charge is 2.33. The number of halogens is 3. The highest BCUT2D eigenvalue weighted by Crippen LogP contribution is 2.33. The summed E-state index contributed by atoms with van der Waals surface area (Å²) in [5, 5.41) is 0. The Morgan fingerprint density at radius 3 is 2.47 bits per heavy atom. The van der Waals surface area contributed by atoms with Crippen LogP contribution in [-0.4, -0.2) is 27.1 Å². The molecule has 1 aromatic heterocycles. The first-order valence-corrected chi connectivity index (χ1v) is 10.3. The zero-order valence-corrected chi connectivity index (χ0v) is 17.0. The molecule has 0 unspecified atom stereocenters. The molecule has 0 saturated carbocycles. The third kappa shape index (κ3) is 5.00. The lowest BCUT2D eigenvalue weighted by Gasteiger charge is -2.12. The van der Waals surface area contributed by atoms with E-state index in [1.807, 2.05) is 0 Å². The topological polar surface area (TPSA) is 81.4 Å². The smallest absolute Gasteiger partial charge is 0.416 e. The van der Waals surface area contributed by atoms with Crippen molar-refractivity contribution in [2.45, 2.75) is 24.4 Å². The lowest BCUT2D eigenvalue weighted by Crippen LogP contribution is -2.26. The van der Waals surface area contributed by atoms with Crippen LogP contribution in [0.2, 0.25) is 0 Å². The molecule has 6 nitrogen and oxygen atoms in total. The number of sulfonamides is 1. The van der Waals surface area contributed by atoms with Gasteiger partial charge in [0, 0.05) is 18.5 Å². The van der Waals surface area contributed by atoms with Crippen LogP contribution in [0.1, 0.15) is 16.8 Å². The highest BCUT2D eigenvalue weighted by molar-refractivity contribution is 7.89. The molecule has 10 heteroatoms. The van der Waals surface area contributed by atoms with Gasteiger partial charge in [-0.1, -0.05) is 6.07 Å². The average molecular weight is 440 g/mol. The number of hydrogen-bond donors (Lipinski definition) is 1. The van der Waals surface area contributed by atoms with E-state index in [0.717, 1.165) is 17.7 Å². The molecule has 0 aliphatic heterocycles. The van der Waals surface area contributed by atoms with E-state index in [0.29, 0.717) is 23.4 Å². The SMILES string of the molecule is COc1ccc(-c2nc(CCNS(=O)(=O)c3ccc(C)c(C(F)(F)F)c3)co2)cc1. The average Bonchev–Trinajstić information content (AvgIpc) is 3.16. The van der Waals surface area contributed by atoms with Gasteiger partial charge >= 0.3 is 6.18 Å². The van der Waals surface area contributed by atoms with Crippen molar-refractivity contribution >= 4 is 10.0 Å². The van der Waals surface area contributed by atoms with Gasteiger partial charge in [0.2, 0.25) is 15.9 Å². The van der Waals surface area contributed by atoms with Crippen LogP contribution in [0.5, 0.6) is 5.75 Å². The minimum atomic E-state index is -4.63. The Morgan fingerprint density at radius 2 is 1.83 bits per heavy atom. The third-order valence-corrected chi connectivity index (χ3v) is 5.85. The van der Waals surface area contributed by atoms with Gasteiger partial charge in [-0.05, 0) is 48.9 Å². The molecule has 0 aliphatic rings. The highest BCUT2D eigenvalue weighted by atomic mass is 32.2. The molecule has 0 amide bonds. The maximum Gasteiger partial charge on any atom is 0.416 e. The molecule has 0 aliphatic carbocycles. The summed E-state index contributed by atoms with van der Waals surface area (Å²) in [6.45, 7) is 1.23. The Balaban J connectivity index is 1.65. The number of aryl methyl sites for hydroxylation is 1. The summed E-state index contributed by atoms with van der Waals surface area (Å²) < 4.78 is 76.6. The van der Waals surface area contributed by atoms with E-state index in [1.54, 1.807) is 31.4 Å². The van der Waals surface area contributed by atoms with Gasteiger partial charge < -0.3 is 9.15 Å². The molecular formula is C20H19F3N2O4S. The summed E-state index contributed by atoms with van der Waals surface area (Å²) in [5.74, 6) is 1.05. The van der Waals surface area contributed by atoms with Crippen LogP contribution in [0, 0.1) is 6.92 Å². The zero-order valence-electron chi connectivity index (χ0n) is 16.2. The van der Waals surface area contributed by atoms with Gasteiger partial charge in [-0.25, -0.2) is 18.1 Å². The molecule has 0 atom stereocenters. The summed E-state index contributed by atoms with van der Waals surface area (Å²) in [4.78, 5) is 3.85. The number of ether oxygens (including phenoxy) is 1. The number of methoxy groups -OCH3 is 1. The second-order valence-corrected chi connectivity index (χ2v) is 8.26. The fourth-order valence-electron chi connectivity index (χ4n) is 2.76. The Kier molecular flexibility index (Phi) is 6.18. The third-order valence-electron chi connectivity index (χ3n) is 4.39. The molecule has 30 heavy (non-hydrogen) atoms. The van der Waals surface area contributed by atoms with Crippen LogP contribution in [0.4, 0.5) is 13.2 Å². The quantitative estimate of drug-likeness (QED) is 0.596. The zero-order chi connectivity index (χ0) is 21.9. The van der Waals surface area contributed by atoms with E-state index >= 15 is 0 Å². The van der Waals surface area contributed by atoms with Crippen molar-refractivity contribution in [3.05, 3.63) is 65.5 Å². The number of benzene rings is 2. The fraction of sp³-hybridized carbons (Fsp3) is 0.250. The number of aromatic nitrogens is 1. The van der Waals surface area contributed by atoms with Gasteiger partial charge in [-0.3, -0.25) is 0 Å². The minimum Gasteiger partial charge on any atom is -0.497 e. The van der Waals surface area contributed by atoms with Gasteiger partial charge in [0.25, 0.3) is 0 Å². The molecule has 1 N–H and O–H groups in total. The Morgan fingerprint density at radius 1 is 1.13 bits per heavy atom. The van der Waals surface area contributed by atoms with Crippen LogP contribution in [-0.2, 0) is 22.6 Å². The second kappa shape index (κ2) is 8.49. The fourth-order valence-corrected chi connectivity index (χ4v) is 3.82. The van der Waals surface area contributed by atoms with E-state index in [4.69, 9.17) is 9.15 Å². The van der Waals surface area contributed by atoms with E-state index in [2.05, 4.69) is 9.71 Å². The maximum absolute atomic E-state index is 13.0. The molecule has 0 bridgehead atoms. The molecule has 0 radical (unpaired) electrons. The lowest BCUT2D eigenvalue weighted by atomic mass is 10.1. The number of nitrogens with one attached hydrogen (secondary N) is 1. The maximum atomic E-state index is 13.0. The van der Waals surface area contributed by atoms with Crippen molar-refractivity contribution in [3.63, 3.8) is 0 Å². The van der Waals surface area contributed by atoms with Crippen LogP contribution in [0.25, 0.3) is 11.5 Å². The summed E-state index contributed by atoms with van der Waals surface area (Å²) in [6.07, 6.45) is -3.02. The first-order valence-electron chi connectivity index (χ1n) is 8.86. The first kappa shape index (κ1) is 21.8. The number of nitrogens with zero attached hydrogens (tertiary/aromatic N) is 1. The normalized spacial score (nSPS) is 12.2. The number of hydrogen-bond acceptors (Lipinski definition) is 5. The van der Waals surface area contributed by atoms with Crippen molar-refractivity contribution in [2.75, 3.05) is 13.7 Å². The Bertz CT molecular complexity index is 1120. The first-order chi connectivity index (χ1) is 14.1. The van der Waals surface area contributed by atoms with Crippen LogP contribution < -0.4 is 9.46 Å². The van der Waals surface area contributed by atoms with Crippen molar-refractivity contribution < 1.29 is 30.7 Å². The number of oxazole rings is 1. The molecule has 2 aromatic carbocycles. The summed E-state index contributed by atoms with van der Waals surface area (Å²) >= 11 is 0. The summed E-state index contributed by atoms with van der Waals surface area (Å²) in [7, 11) is -2.55. The molecule has 0 fully saturated rings. The molecule has 1 heterocycles. The predicted octanol–water partition coefficient (Wildman–Crippen LogP) is 4.20. The molecular weight excluding hydrogens is 421 g/mol. The second-order valence-electron chi connectivity index (χ2n) is 6.49. The molecule has 0 spiro atoms. The van der Waals surface area contributed by atoms with Gasteiger partial charge in [0.1, 0.15) is 12.0 Å². The van der Waals surface area contributed by atoms with Gasteiger partial charge in [-0.15, -0.1) is 0 Å². The van der Waals surface area contributed by atoms with Crippen molar-refractivity contribution in [2.24, 2.45) is 0 Å². The molecule has 3 aromatic rings. The van der Waals surface area contributed by atoms with Gasteiger partial charge in [0.05, 0.1) is 23.3 Å². The minimum absolute atomic E-state index is 0.0462. The van der Waals surface area contributed by atoms with E-state index in [1.165, 1.54) is 13.2 Å². The standard InChI is InChI=1S/C20H19F3N2O4S/c1-13-3-8-17(11-18(13)20(21,22)23)30(26,27)24-10-9-15-12-29-19(25-15)14-4-6-16(28-2)7-5-14/h3-8,11-12,24H,9-10H2,1-2H3. The molecule has 160 valence electrons. The van der Waals surface area contributed by atoms with Crippen molar-refractivity contribution in [1.82, 2.24) is 9.71 Å². The number of alkyl halides is 3. The molecule has 3 rings (SSSR count). The van der Waals surface area contributed by atoms with Gasteiger partial charge in [0.15, 0.2) is 0 Å². The summed E-state index contributed by atoms with van der Waals surface area (Å²) in [5.41, 5.74) is 0.200. The van der Waals surface area contributed by atoms with E-state index in [9.17, 15) is 21.6 Å². The van der Waals surface area contributed by atoms with E-state index < -0.39 is 26.7 Å². The van der Waals surface area contributed by atoms with Gasteiger partial charge in [-0.2, -0.15) is 13.2 Å². The van der Waals surface area contributed by atoms with Crippen LogP contribution in [0.3, 0.4) is 0 Å². The van der Waals surface area contributed by atoms with Crippen molar-refractivity contribution in [3.8, 4) is 17.2 Å². The largest absolute Gasteiger partial charge is 0.497 e. The Labute approximate surface area is 171 Å². The van der Waals surface area contributed by atoms with E-state index in [-0.39, 0.29) is 18.5 Å². The lowest BCUT2D eigenvalue weighted by molar-refractivity contribution is -0.138. The van der Waals surface area contributed by atoms with Crippen LogP contribution in [0.15, 0.2) is 58.0 Å². The predicted molar refractivity (Wildman–Crippen MR) is 104 cm³/mol. The molecule has 0 saturated heterocycles. The van der Waals surface area contributed by atoms with Crippen LogP contribution >= 0.6 is 0 Å². The summed E-state index contributed by atoms with van der Waals surface area (Å²) in [6, 6.07) is 9.96. The number of rotatable bonds is 7. The monoisotopic (exact) mass is 440 g/mol. The van der Waals surface area contributed by atoms with Crippen molar-refractivity contribution in [1.29, 1.82) is 0 Å². The Hall–Kier alpha value is -2.85.